The Morgan fingerprint density at radius 1 is 0.973 bits per heavy atom. The van der Waals surface area contributed by atoms with Gasteiger partial charge in [0, 0.05) is 37.2 Å². The van der Waals surface area contributed by atoms with E-state index in [4.69, 9.17) is 11.6 Å². The molecule has 0 saturated carbocycles. The number of halogens is 3. The Hall–Kier alpha value is -2.79. The number of nitrogens with zero attached hydrogens (tertiary/aromatic N) is 1. The molecule has 0 radical (unpaired) electrons. The number of sulfonamides is 1. The predicted octanol–water partition coefficient (Wildman–Crippen LogP) is 4.78. The van der Waals surface area contributed by atoms with E-state index in [1.54, 1.807) is 36.4 Å². The molecule has 0 fully saturated rings. The van der Waals surface area contributed by atoms with Crippen molar-refractivity contribution < 1.29 is 22.4 Å². The zero-order chi connectivity index (χ0) is 27.2. The summed E-state index contributed by atoms with van der Waals surface area (Å²) in [5.74, 6) is -1.06. The number of hydrogen-bond donors (Lipinski definition) is 2. The van der Waals surface area contributed by atoms with Crippen molar-refractivity contribution in [3.05, 3.63) is 98.2 Å². The quantitative estimate of drug-likeness (QED) is 0.323. The third-order valence-corrected chi connectivity index (χ3v) is 8.19. The number of benzene rings is 3. The molecule has 3 aromatic rings. The maximum atomic E-state index is 13.9. The van der Waals surface area contributed by atoms with Crippen LogP contribution in [0.3, 0.4) is 0 Å². The van der Waals surface area contributed by atoms with Crippen LogP contribution in [-0.4, -0.2) is 45.2 Å². The molecule has 0 aromatic heterocycles. The minimum absolute atomic E-state index is 0.0376. The lowest BCUT2D eigenvalue weighted by Crippen LogP contribution is -2.26. The highest BCUT2D eigenvalue weighted by atomic mass is 79.9. The van der Waals surface area contributed by atoms with E-state index in [-0.39, 0.29) is 33.8 Å². The van der Waals surface area contributed by atoms with Crippen molar-refractivity contribution in [2.45, 2.75) is 24.3 Å². The SMILES string of the molecule is CN(C)S(=O)(=O)c1ccc(Cl)c(C(=O)NCc2ccc(C(=O)NCCCc3ccc(Br)cc3F)cc2)c1. The van der Waals surface area contributed by atoms with Gasteiger partial charge < -0.3 is 10.6 Å². The van der Waals surface area contributed by atoms with Gasteiger partial charge in [-0.2, -0.15) is 0 Å². The van der Waals surface area contributed by atoms with E-state index in [9.17, 15) is 22.4 Å². The summed E-state index contributed by atoms with van der Waals surface area (Å²) in [5, 5.41) is 5.66. The molecule has 37 heavy (non-hydrogen) atoms. The van der Waals surface area contributed by atoms with Gasteiger partial charge in [0.15, 0.2) is 0 Å². The van der Waals surface area contributed by atoms with Crippen LogP contribution >= 0.6 is 27.5 Å². The normalized spacial score (nSPS) is 11.4. The van der Waals surface area contributed by atoms with Crippen molar-refractivity contribution in [1.82, 2.24) is 14.9 Å². The Balaban J connectivity index is 1.52. The zero-order valence-electron chi connectivity index (χ0n) is 20.2. The van der Waals surface area contributed by atoms with E-state index < -0.39 is 15.9 Å². The Morgan fingerprint density at radius 3 is 2.32 bits per heavy atom. The summed E-state index contributed by atoms with van der Waals surface area (Å²) in [6.07, 6.45) is 1.10. The van der Waals surface area contributed by atoms with E-state index >= 15 is 0 Å². The number of hydrogen-bond acceptors (Lipinski definition) is 4. The van der Waals surface area contributed by atoms with Gasteiger partial charge in [-0.1, -0.05) is 45.7 Å². The summed E-state index contributed by atoms with van der Waals surface area (Å²) >= 11 is 9.35. The van der Waals surface area contributed by atoms with Crippen molar-refractivity contribution in [1.29, 1.82) is 0 Å². The fraction of sp³-hybridized carbons (Fsp3) is 0.231. The number of carbonyl (C=O) groups excluding carboxylic acids is 2. The number of amides is 2. The monoisotopic (exact) mass is 609 g/mol. The molecule has 0 aliphatic heterocycles. The van der Waals surface area contributed by atoms with E-state index in [2.05, 4.69) is 26.6 Å². The molecule has 11 heteroatoms. The van der Waals surface area contributed by atoms with Gasteiger partial charge in [0.2, 0.25) is 10.0 Å². The van der Waals surface area contributed by atoms with Crippen molar-refractivity contribution >= 4 is 49.4 Å². The summed E-state index contributed by atoms with van der Waals surface area (Å²) in [6, 6.07) is 15.6. The molecule has 0 aliphatic carbocycles. The molecule has 0 heterocycles. The summed E-state index contributed by atoms with van der Waals surface area (Å²) in [5.41, 5.74) is 1.83. The number of aryl methyl sites for hydroxylation is 1. The van der Waals surface area contributed by atoms with Gasteiger partial charge in [0.05, 0.1) is 15.5 Å². The number of nitrogens with one attached hydrogen (secondary N) is 2. The van der Waals surface area contributed by atoms with Crippen LogP contribution in [0, 0.1) is 5.82 Å². The van der Waals surface area contributed by atoms with Gasteiger partial charge >= 0.3 is 0 Å². The second-order valence-electron chi connectivity index (χ2n) is 8.40. The second-order valence-corrected chi connectivity index (χ2v) is 11.9. The lowest BCUT2D eigenvalue weighted by atomic mass is 10.1. The average Bonchev–Trinajstić information content (AvgIpc) is 2.86. The van der Waals surface area contributed by atoms with Crippen molar-refractivity contribution in [2.75, 3.05) is 20.6 Å². The van der Waals surface area contributed by atoms with Gasteiger partial charge in [-0.3, -0.25) is 9.59 Å². The lowest BCUT2D eigenvalue weighted by Gasteiger charge is -2.13. The van der Waals surface area contributed by atoms with E-state index in [1.807, 2.05) is 0 Å². The van der Waals surface area contributed by atoms with Crippen LogP contribution in [-0.2, 0) is 23.0 Å². The average molecular weight is 611 g/mol. The van der Waals surface area contributed by atoms with Crippen LogP contribution in [0.5, 0.6) is 0 Å². The topological polar surface area (TPSA) is 95.6 Å². The van der Waals surface area contributed by atoms with E-state index in [1.165, 1.54) is 38.4 Å². The highest BCUT2D eigenvalue weighted by Crippen LogP contribution is 2.22. The van der Waals surface area contributed by atoms with Crippen molar-refractivity contribution in [3.8, 4) is 0 Å². The highest BCUT2D eigenvalue weighted by Gasteiger charge is 2.20. The van der Waals surface area contributed by atoms with Crippen LogP contribution in [0.25, 0.3) is 0 Å². The molecular formula is C26H26BrClFN3O4S. The Kier molecular flexibility index (Phi) is 9.83. The molecule has 0 unspecified atom stereocenters. The smallest absolute Gasteiger partial charge is 0.253 e. The molecular weight excluding hydrogens is 585 g/mol. The summed E-state index contributed by atoms with van der Waals surface area (Å²) < 4.78 is 40.3. The first kappa shape index (κ1) is 28.8. The first-order chi connectivity index (χ1) is 17.5. The molecule has 3 rings (SSSR count). The van der Waals surface area contributed by atoms with Gasteiger partial charge in [0.25, 0.3) is 11.8 Å². The molecule has 0 bridgehead atoms. The molecule has 3 aromatic carbocycles. The van der Waals surface area contributed by atoms with Crippen LogP contribution in [0.15, 0.2) is 70.0 Å². The van der Waals surface area contributed by atoms with Crippen molar-refractivity contribution in [3.63, 3.8) is 0 Å². The minimum atomic E-state index is -3.72. The zero-order valence-corrected chi connectivity index (χ0v) is 23.4. The van der Waals surface area contributed by atoms with Gasteiger partial charge in [0.1, 0.15) is 5.82 Å². The molecule has 7 nitrogen and oxygen atoms in total. The second kappa shape index (κ2) is 12.6. The van der Waals surface area contributed by atoms with E-state index in [0.717, 1.165) is 9.87 Å². The first-order valence-electron chi connectivity index (χ1n) is 11.3. The number of carbonyl (C=O) groups is 2. The molecule has 196 valence electrons. The summed E-state index contributed by atoms with van der Waals surface area (Å²) in [7, 11) is -0.915. The summed E-state index contributed by atoms with van der Waals surface area (Å²) in [4.78, 5) is 25.0. The Morgan fingerprint density at radius 2 is 1.68 bits per heavy atom. The van der Waals surface area contributed by atoms with Gasteiger partial charge in [-0.05, 0) is 66.4 Å². The molecule has 2 N–H and O–H groups in total. The summed E-state index contributed by atoms with van der Waals surface area (Å²) in [6.45, 7) is 0.552. The molecule has 0 spiro atoms. The molecule has 0 aliphatic rings. The maximum absolute atomic E-state index is 13.9. The predicted molar refractivity (Wildman–Crippen MR) is 145 cm³/mol. The van der Waals surface area contributed by atoms with Gasteiger partial charge in [-0.25, -0.2) is 17.1 Å². The van der Waals surface area contributed by atoms with Crippen LogP contribution in [0.1, 0.15) is 38.3 Å². The molecule has 2 amide bonds. The number of rotatable bonds is 10. The fourth-order valence-electron chi connectivity index (χ4n) is 3.41. The van der Waals surface area contributed by atoms with Crippen molar-refractivity contribution in [2.24, 2.45) is 0 Å². The maximum Gasteiger partial charge on any atom is 0.253 e. The van der Waals surface area contributed by atoms with Gasteiger partial charge in [-0.15, -0.1) is 0 Å². The lowest BCUT2D eigenvalue weighted by molar-refractivity contribution is 0.0942. The largest absolute Gasteiger partial charge is 0.352 e. The van der Waals surface area contributed by atoms with Crippen LogP contribution in [0.4, 0.5) is 4.39 Å². The fourth-order valence-corrected chi connectivity index (χ4v) is 4.87. The third kappa shape index (κ3) is 7.61. The van der Waals surface area contributed by atoms with E-state index in [0.29, 0.717) is 35.0 Å². The Labute approximate surface area is 229 Å². The molecule has 0 atom stereocenters. The minimum Gasteiger partial charge on any atom is -0.352 e. The Bertz CT molecular complexity index is 1400. The standard InChI is InChI=1S/C26H26BrClFN3O4S/c1-32(2)37(35,36)21-11-12-23(28)22(15-21)26(34)31-16-17-5-7-19(8-6-17)25(33)30-13-3-4-18-9-10-20(27)14-24(18)29/h5-12,14-15H,3-4,13,16H2,1-2H3,(H,30,33)(H,31,34). The molecule has 0 saturated heterocycles. The first-order valence-corrected chi connectivity index (χ1v) is 13.9. The highest BCUT2D eigenvalue weighted by molar-refractivity contribution is 9.10. The van der Waals surface area contributed by atoms with Crippen LogP contribution in [0.2, 0.25) is 5.02 Å². The third-order valence-electron chi connectivity index (χ3n) is 5.55. The van der Waals surface area contributed by atoms with Crippen LogP contribution < -0.4 is 10.6 Å².